The lowest BCUT2D eigenvalue weighted by molar-refractivity contribution is -0.129. The van der Waals surface area contributed by atoms with E-state index < -0.39 is 16.1 Å². The number of hydrogen-bond acceptors (Lipinski definition) is 3. The van der Waals surface area contributed by atoms with Gasteiger partial charge in [-0.3, -0.25) is 4.79 Å². The van der Waals surface area contributed by atoms with Crippen molar-refractivity contribution in [1.82, 2.24) is 9.62 Å². The predicted molar refractivity (Wildman–Crippen MR) is 68.2 cm³/mol. The second-order valence-electron chi connectivity index (χ2n) is 4.48. The van der Waals surface area contributed by atoms with Crippen LogP contribution in [-0.2, 0) is 21.4 Å². The van der Waals surface area contributed by atoms with Crippen molar-refractivity contribution in [2.45, 2.75) is 19.0 Å². The van der Waals surface area contributed by atoms with Crippen LogP contribution in [0.25, 0.3) is 0 Å². The van der Waals surface area contributed by atoms with E-state index in [2.05, 4.69) is 4.72 Å². The molecule has 6 heteroatoms. The average Bonchev–Trinajstić information content (AvgIpc) is 2.61. The number of benzene rings is 1. The van der Waals surface area contributed by atoms with Crippen molar-refractivity contribution in [2.75, 3.05) is 12.8 Å². The molecule has 1 amide bonds. The third-order valence-electron chi connectivity index (χ3n) is 2.87. The van der Waals surface area contributed by atoms with Gasteiger partial charge in [0, 0.05) is 13.1 Å². The van der Waals surface area contributed by atoms with E-state index in [0.717, 1.165) is 11.8 Å². The molecule has 1 unspecified atom stereocenters. The van der Waals surface area contributed by atoms with Gasteiger partial charge in [0.2, 0.25) is 15.9 Å². The van der Waals surface area contributed by atoms with Crippen LogP contribution in [0.3, 0.4) is 0 Å². The summed E-state index contributed by atoms with van der Waals surface area (Å²) < 4.78 is 24.6. The molecule has 0 aromatic heterocycles. The number of amides is 1. The summed E-state index contributed by atoms with van der Waals surface area (Å²) in [7, 11) is -3.33. The van der Waals surface area contributed by atoms with E-state index in [-0.39, 0.29) is 5.91 Å². The smallest absolute Gasteiger partial charge is 0.241 e. The molecule has 1 atom stereocenters. The summed E-state index contributed by atoms with van der Waals surface area (Å²) in [6, 6.07) is 9.05. The molecule has 0 saturated carbocycles. The topological polar surface area (TPSA) is 66.5 Å². The van der Waals surface area contributed by atoms with E-state index in [1.54, 1.807) is 4.90 Å². The van der Waals surface area contributed by atoms with Crippen LogP contribution < -0.4 is 4.72 Å². The molecule has 1 aliphatic rings. The van der Waals surface area contributed by atoms with E-state index >= 15 is 0 Å². The van der Waals surface area contributed by atoms with Crippen molar-refractivity contribution in [3.05, 3.63) is 35.9 Å². The molecular formula is C12H16N2O3S. The Bertz CT molecular complexity index is 528. The third-order valence-corrected chi connectivity index (χ3v) is 3.58. The molecule has 2 rings (SSSR count). The number of nitrogens with zero attached hydrogens (tertiary/aromatic N) is 1. The molecular weight excluding hydrogens is 252 g/mol. The summed E-state index contributed by atoms with van der Waals surface area (Å²) in [6.07, 6.45) is 1.60. The zero-order valence-corrected chi connectivity index (χ0v) is 11.0. The Morgan fingerprint density at radius 3 is 2.61 bits per heavy atom. The third kappa shape index (κ3) is 3.30. The lowest BCUT2D eigenvalue weighted by Crippen LogP contribution is -2.40. The maximum absolute atomic E-state index is 12.0. The average molecular weight is 268 g/mol. The minimum atomic E-state index is -3.33. The zero-order chi connectivity index (χ0) is 13.2. The highest BCUT2D eigenvalue weighted by atomic mass is 32.2. The van der Waals surface area contributed by atoms with Crippen LogP contribution in [0.15, 0.2) is 30.3 Å². The molecule has 18 heavy (non-hydrogen) atoms. The van der Waals surface area contributed by atoms with Crippen LogP contribution in [-0.4, -0.2) is 38.1 Å². The Hall–Kier alpha value is -1.40. The second kappa shape index (κ2) is 5.07. The lowest BCUT2D eigenvalue weighted by atomic mass is 10.2. The Kier molecular flexibility index (Phi) is 3.68. The Morgan fingerprint density at radius 1 is 1.33 bits per heavy atom. The first-order valence-electron chi connectivity index (χ1n) is 5.76. The monoisotopic (exact) mass is 268 g/mol. The summed E-state index contributed by atoms with van der Waals surface area (Å²) in [5.74, 6) is -0.149. The Balaban J connectivity index is 2.00. The van der Waals surface area contributed by atoms with Crippen molar-refractivity contribution in [3.63, 3.8) is 0 Å². The number of carbonyl (C=O) groups is 1. The van der Waals surface area contributed by atoms with Gasteiger partial charge >= 0.3 is 0 Å². The molecule has 0 bridgehead atoms. The first kappa shape index (κ1) is 13.0. The van der Waals surface area contributed by atoms with Gasteiger partial charge in [0.05, 0.1) is 6.26 Å². The number of sulfonamides is 1. The lowest BCUT2D eigenvalue weighted by Gasteiger charge is -2.16. The quantitative estimate of drug-likeness (QED) is 0.856. The summed E-state index contributed by atoms with van der Waals surface area (Å²) in [5.41, 5.74) is 1.05. The summed E-state index contributed by atoms with van der Waals surface area (Å²) in [5, 5.41) is 0. The summed E-state index contributed by atoms with van der Waals surface area (Å²) in [6.45, 7) is 1.11. The highest BCUT2D eigenvalue weighted by Gasteiger charge is 2.33. The summed E-state index contributed by atoms with van der Waals surface area (Å²) in [4.78, 5) is 13.7. The first-order valence-corrected chi connectivity index (χ1v) is 7.65. The maximum atomic E-state index is 12.0. The highest BCUT2D eigenvalue weighted by Crippen LogP contribution is 2.15. The van der Waals surface area contributed by atoms with Gasteiger partial charge in [-0.15, -0.1) is 0 Å². The number of hydrogen-bond donors (Lipinski definition) is 1. The molecule has 1 heterocycles. The van der Waals surface area contributed by atoms with E-state index in [1.807, 2.05) is 30.3 Å². The highest BCUT2D eigenvalue weighted by molar-refractivity contribution is 7.88. The fraction of sp³-hybridized carbons (Fsp3) is 0.417. The number of likely N-dealkylation sites (tertiary alicyclic amines) is 1. The van der Waals surface area contributed by atoms with Crippen molar-refractivity contribution >= 4 is 15.9 Å². The molecule has 1 aromatic carbocycles. The fourth-order valence-corrected chi connectivity index (χ4v) is 2.80. The van der Waals surface area contributed by atoms with Gasteiger partial charge in [-0.2, -0.15) is 0 Å². The van der Waals surface area contributed by atoms with Crippen molar-refractivity contribution in [1.29, 1.82) is 0 Å². The van der Waals surface area contributed by atoms with Gasteiger partial charge in [-0.1, -0.05) is 30.3 Å². The second-order valence-corrected chi connectivity index (χ2v) is 6.26. The maximum Gasteiger partial charge on any atom is 0.241 e. The van der Waals surface area contributed by atoms with Gasteiger partial charge in [0.25, 0.3) is 0 Å². The number of rotatable bonds is 4. The van der Waals surface area contributed by atoms with Gasteiger partial charge in [-0.05, 0) is 12.0 Å². The van der Waals surface area contributed by atoms with E-state index in [9.17, 15) is 13.2 Å². The molecule has 1 saturated heterocycles. The molecule has 1 N–H and O–H groups in total. The molecule has 5 nitrogen and oxygen atoms in total. The molecule has 0 radical (unpaired) electrons. The number of carbonyl (C=O) groups excluding carboxylic acids is 1. The van der Waals surface area contributed by atoms with Gasteiger partial charge < -0.3 is 4.90 Å². The normalized spacial score (nSPS) is 20.4. The van der Waals surface area contributed by atoms with Crippen LogP contribution in [0.2, 0.25) is 0 Å². The van der Waals surface area contributed by atoms with Crippen LogP contribution in [0.4, 0.5) is 0 Å². The SMILES string of the molecule is CS(=O)(=O)NC1CCN(Cc2ccccc2)C1=O. The Labute approximate surface area is 107 Å². The van der Waals surface area contributed by atoms with Crippen LogP contribution >= 0.6 is 0 Å². The zero-order valence-electron chi connectivity index (χ0n) is 10.2. The standard InChI is InChI=1S/C12H16N2O3S/c1-18(16,17)13-11-7-8-14(12(11)15)9-10-5-3-2-4-6-10/h2-6,11,13H,7-9H2,1H3. The molecule has 98 valence electrons. The van der Waals surface area contributed by atoms with Gasteiger partial charge in [-0.25, -0.2) is 13.1 Å². The van der Waals surface area contributed by atoms with Crippen molar-refractivity contribution in [2.24, 2.45) is 0 Å². The summed E-state index contributed by atoms with van der Waals surface area (Å²) >= 11 is 0. The van der Waals surface area contributed by atoms with Gasteiger partial charge in [0.1, 0.15) is 6.04 Å². The largest absolute Gasteiger partial charge is 0.337 e. The van der Waals surface area contributed by atoms with Crippen LogP contribution in [0, 0.1) is 0 Å². The van der Waals surface area contributed by atoms with Crippen LogP contribution in [0.1, 0.15) is 12.0 Å². The fourth-order valence-electron chi connectivity index (χ4n) is 2.07. The minimum absolute atomic E-state index is 0.149. The van der Waals surface area contributed by atoms with E-state index in [0.29, 0.717) is 19.5 Å². The van der Waals surface area contributed by atoms with Gasteiger partial charge in [0.15, 0.2) is 0 Å². The molecule has 1 fully saturated rings. The van der Waals surface area contributed by atoms with E-state index in [1.165, 1.54) is 0 Å². The molecule has 0 aliphatic carbocycles. The number of nitrogens with one attached hydrogen (secondary N) is 1. The first-order chi connectivity index (χ1) is 8.46. The van der Waals surface area contributed by atoms with Crippen molar-refractivity contribution < 1.29 is 13.2 Å². The Morgan fingerprint density at radius 2 is 2.00 bits per heavy atom. The van der Waals surface area contributed by atoms with Crippen LogP contribution in [0.5, 0.6) is 0 Å². The molecule has 1 aliphatic heterocycles. The predicted octanol–water partition coefficient (Wildman–Crippen LogP) is 0.337. The van der Waals surface area contributed by atoms with E-state index in [4.69, 9.17) is 0 Å². The molecule has 1 aromatic rings. The van der Waals surface area contributed by atoms with Crippen molar-refractivity contribution in [3.8, 4) is 0 Å². The minimum Gasteiger partial charge on any atom is -0.337 e. The molecule has 0 spiro atoms.